The fraction of sp³-hybridized carbons (Fsp3) is 0.500. The van der Waals surface area contributed by atoms with E-state index in [0.29, 0.717) is 47.9 Å². The highest BCUT2D eigenvalue weighted by Crippen LogP contribution is 2.60. The lowest BCUT2D eigenvalue weighted by atomic mass is 9.49. The van der Waals surface area contributed by atoms with Gasteiger partial charge in [0, 0.05) is 12.1 Å². The predicted molar refractivity (Wildman–Crippen MR) is 141 cm³/mol. The first kappa shape index (κ1) is 24.0. The molecule has 38 heavy (non-hydrogen) atoms. The second kappa shape index (κ2) is 8.71. The van der Waals surface area contributed by atoms with Gasteiger partial charge in [0.1, 0.15) is 17.0 Å². The molecule has 0 spiro atoms. The van der Waals surface area contributed by atoms with Gasteiger partial charge in [-0.1, -0.05) is 18.2 Å². The molecule has 9 nitrogen and oxygen atoms in total. The number of hydrogen-bond donors (Lipinski definition) is 1. The molecular formula is C28H32N6O3S. The summed E-state index contributed by atoms with van der Waals surface area (Å²) in [6, 6.07) is 9.48. The largest absolute Gasteiger partial charge is 0.310 e. The number of amides is 1. The van der Waals surface area contributed by atoms with Crippen molar-refractivity contribution < 1.29 is 13.2 Å². The van der Waals surface area contributed by atoms with E-state index in [-0.39, 0.29) is 22.8 Å². The Morgan fingerprint density at radius 1 is 1.03 bits per heavy atom. The van der Waals surface area contributed by atoms with Gasteiger partial charge in [-0.05, 0) is 81.8 Å². The normalized spacial score (nSPS) is 28.3. The van der Waals surface area contributed by atoms with Gasteiger partial charge in [0.2, 0.25) is 15.9 Å². The number of fused-ring (bicyclic) bond motifs is 1. The third kappa shape index (κ3) is 3.79. The van der Waals surface area contributed by atoms with Gasteiger partial charge in [-0.25, -0.2) is 23.1 Å². The van der Waals surface area contributed by atoms with E-state index in [1.54, 1.807) is 11.6 Å². The van der Waals surface area contributed by atoms with E-state index < -0.39 is 10.0 Å². The Morgan fingerprint density at radius 3 is 2.39 bits per heavy atom. The fourth-order valence-corrected chi connectivity index (χ4v) is 9.43. The number of carbonyl (C=O) groups excluding carboxylic acids is 1. The van der Waals surface area contributed by atoms with Crippen molar-refractivity contribution in [3.63, 3.8) is 0 Å². The summed E-state index contributed by atoms with van der Waals surface area (Å²) in [5.41, 5.74) is 2.58. The molecule has 4 saturated carbocycles. The molecule has 4 aliphatic carbocycles. The van der Waals surface area contributed by atoms with E-state index in [0.717, 1.165) is 30.5 Å². The lowest BCUT2D eigenvalue weighted by molar-refractivity contribution is -0.140. The topological polar surface area (TPSA) is 110 Å². The van der Waals surface area contributed by atoms with Crippen LogP contribution < -0.4 is 5.32 Å². The Labute approximate surface area is 222 Å². The van der Waals surface area contributed by atoms with Crippen molar-refractivity contribution in [3.05, 3.63) is 59.8 Å². The molecule has 0 atom stereocenters. The van der Waals surface area contributed by atoms with Crippen LogP contribution in [0.2, 0.25) is 0 Å². The molecule has 1 aromatic carbocycles. The summed E-state index contributed by atoms with van der Waals surface area (Å²) in [6.45, 7) is 2.19. The van der Waals surface area contributed by atoms with Crippen LogP contribution >= 0.6 is 0 Å². The van der Waals surface area contributed by atoms with Crippen molar-refractivity contribution in [3.8, 4) is 5.69 Å². The fourth-order valence-electron chi connectivity index (χ4n) is 7.89. The summed E-state index contributed by atoms with van der Waals surface area (Å²) in [7, 11) is -3.79. The molecule has 4 bridgehead atoms. The predicted octanol–water partition coefficient (Wildman–Crippen LogP) is 3.87. The van der Waals surface area contributed by atoms with Crippen LogP contribution in [0.15, 0.2) is 47.8 Å². The maximum absolute atomic E-state index is 13.6. The van der Waals surface area contributed by atoms with Gasteiger partial charge in [-0.15, -0.1) is 0 Å². The Balaban J connectivity index is 1.12. The Hall–Kier alpha value is -3.11. The van der Waals surface area contributed by atoms with Crippen LogP contribution in [0.25, 0.3) is 5.69 Å². The van der Waals surface area contributed by atoms with E-state index in [4.69, 9.17) is 0 Å². The highest BCUT2D eigenvalue weighted by atomic mass is 32.2. The van der Waals surface area contributed by atoms with Gasteiger partial charge in [-0.2, -0.15) is 9.40 Å². The Bertz CT molecular complexity index is 1480. The lowest BCUT2D eigenvalue weighted by Gasteiger charge is -2.55. The molecule has 0 radical (unpaired) electrons. The zero-order valence-electron chi connectivity index (χ0n) is 21.5. The highest BCUT2D eigenvalue weighted by Gasteiger charge is 2.54. The quantitative estimate of drug-likeness (QED) is 0.534. The molecule has 3 heterocycles. The Morgan fingerprint density at radius 2 is 1.71 bits per heavy atom. The van der Waals surface area contributed by atoms with Crippen LogP contribution in [-0.4, -0.2) is 44.9 Å². The number of aromatic nitrogens is 4. The maximum Gasteiger partial charge on any atom is 0.246 e. The van der Waals surface area contributed by atoms with Crippen LogP contribution in [-0.2, 0) is 27.8 Å². The van der Waals surface area contributed by atoms with Gasteiger partial charge >= 0.3 is 0 Å². The monoisotopic (exact) mass is 532 g/mol. The van der Waals surface area contributed by atoms with Crippen LogP contribution in [0.1, 0.15) is 55.5 Å². The molecule has 4 fully saturated rings. The Kier molecular flexibility index (Phi) is 5.49. The lowest BCUT2D eigenvalue weighted by Crippen LogP contribution is -2.52. The van der Waals surface area contributed by atoms with Crippen LogP contribution in [0.3, 0.4) is 0 Å². The smallest absolute Gasteiger partial charge is 0.246 e. The molecule has 1 aliphatic heterocycles. The first-order valence-electron chi connectivity index (χ1n) is 13.6. The third-order valence-electron chi connectivity index (χ3n) is 9.31. The number of nitrogens with one attached hydrogen (secondary N) is 1. The van der Waals surface area contributed by atoms with E-state index in [2.05, 4.69) is 20.4 Å². The molecule has 1 amide bonds. The van der Waals surface area contributed by atoms with Gasteiger partial charge in [0.15, 0.2) is 0 Å². The zero-order valence-corrected chi connectivity index (χ0v) is 22.3. The first-order chi connectivity index (χ1) is 18.3. The SMILES string of the molecule is Cc1c(S(=O)(=O)N2CCc3c(ncnc3NC(=O)C34CC5CC(CC(C5)C3)C4)C2)cnn1-c1ccccc1. The van der Waals surface area contributed by atoms with E-state index in [1.807, 2.05) is 30.3 Å². The van der Waals surface area contributed by atoms with Crippen molar-refractivity contribution in [2.75, 3.05) is 11.9 Å². The average molecular weight is 533 g/mol. The number of sulfonamides is 1. The van der Waals surface area contributed by atoms with Gasteiger partial charge in [-0.3, -0.25) is 4.79 Å². The second-order valence-corrected chi connectivity index (χ2v) is 13.6. The molecular weight excluding hydrogens is 500 g/mol. The number of hydrogen-bond acceptors (Lipinski definition) is 6. The molecule has 1 N–H and O–H groups in total. The summed E-state index contributed by atoms with van der Waals surface area (Å²) in [4.78, 5) is 22.7. The number of carbonyl (C=O) groups is 1. The highest BCUT2D eigenvalue weighted by molar-refractivity contribution is 7.89. The van der Waals surface area contributed by atoms with E-state index in [9.17, 15) is 13.2 Å². The van der Waals surface area contributed by atoms with E-state index in [1.165, 1.54) is 36.1 Å². The number of anilines is 1. The summed E-state index contributed by atoms with van der Waals surface area (Å²) >= 11 is 0. The third-order valence-corrected chi connectivity index (χ3v) is 11.3. The molecule has 5 aliphatic rings. The van der Waals surface area contributed by atoms with Gasteiger partial charge in [0.05, 0.1) is 35.2 Å². The summed E-state index contributed by atoms with van der Waals surface area (Å²) < 4.78 is 30.4. The zero-order chi connectivity index (χ0) is 26.1. The van der Waals surface area contributed by atoms with E-state index >= 15 is 0 Å². The molecule has 198 valence electrons. The summed E-state index contributed by atoms with van der Waals surface area (Å²) in [5, 5.41) is 7.52. The maximum atomic E-state index is 13.6. The number of benzene rings is 1. The standard InChI is InChI=1S/C28H32N6O3S/c1-18-25(15-31-34(18)22-5-3-2-4-6-22)38(36,37)33-8-7-23-24(16-33)29-17-30-26(23)32-27(35)28-12-19-9-20(13-28)11-21(10-19)14-28/h2-6,15,17,19-21H,7-14,16H2,1H3,(H,29,30,32,35). The van der Waals surface area contributed by atoms with Crippen LogP contribution in [0.4, 0.5) is 5.82 Å². The molecule has 8 rings (SSSR count). The minimum atomic E-state index is -3.79. The summed E-state index contributed by atoms with van der Waals surface area (Å²) in [5.74, 6) is 2.68. The minimum absolute atomic E-state index is 0.0940. The van der Waals surface area contributed by atoms with Crippen molar-refractivity contribution >= 4 is 21.7 Å². The van der Waals surface area contributed by atoms with Crippen molar-refractivity contribution in [1.82, 2.24) is 24.1 Å². The van der Waals surface area contributed by atoms with Crippen LogP contribution in [0.5, 0.6) is 0 Å². The number of nitrogens with zero attached hydrogens (tertiary/aromatic N) is 5. The van der Waals surface area contributed by atoms with Crippen molar-refractivity contribution in [1.29, 1.82) is 0 Å². The van der Waals surface area contributed by atoms with Crippen molar-refractivity contribution in [2.24, 2.45) is 23.2 Å². The number of para-hydroxylation sites is 1. The summed E-state index contributed by atoms with van der Waals surface area (Å²) in [6.07, 6.45) is 10.1. The molecule has 3 aromatic rings. The minimum Gasteiger partial charge on any atom is -0.310 e. The first-order valence-corrected chi connectivity index (χ1v) is 15.0. The average Bonchev–Trinajstić information content (AvgIpc) is 3.30. The van der Waals surface area contributed by atoms with Gasteiger partial charge < -0.3 is 5.32 Å². The molecule has 0 unspecified atom stereocenters. The van der Waals surface area contributed by atoms with Crippen LogP contribution in [0, 0.1) is 30.1 Å². The molecule has 0 saturated heterocycles. The number of rotatable bonds is 5. The second-order valence-electron chi connectivity index (χ2n) is 11.7. The van der Waals surface area contributed by atoms with Gasteiger partial charge in [0.25, 0.3) is 0 Å². The molecule has 10 heteroatoms. The van der Waals surface area contributed by atoms with Crippen molar-refractivity contribution in [2.45, 2.75) is 63.3 Å². The molecule has 2 aromatic heterocycles.